The van der Waals surface area contributed by atoms with Crippen LogP contribution < -0.4 is 0 Å². The first kappa shape index (κ1) is 13.7. The van der Waals surface area contributed by atoms with Crippen LogP contribution in [-0.2, 0) is 9.47 Å². The lowest BCUT2D eigenvalue weighted by Gasteiger charge is -2.41. The lowest BCUT2D eigenvalue weighted by Crippen LogP contribution is -2.43. The summed E-state index contributed by atoms with van der Waals surface area (Å²) in [5, 5.41) is 0. The minimum Gasteiger partial charge on any atom is -0.501 e. The van der Waals surface area contributed by atoms with Crippen molar-refractivity contribution >= 4 is 0 Å². The summed E-state index contributed by atoms with van der Waals surface area (Å²) in [6.07, 6.45) is 9.73. The van der Waals surface area contributed by atoms with E-state index in [2.05, 4.69) is 13.5 Å². The molecule has 2 rings (SSSR count). The van der Waals surface area contributed by atoms with Gasteiger partial charge in [-0.3, -0.25) is 0 Å². The average Bonchev–Trinajstić information content (AvgIpc) is 2.94. The van der Waals surface area contributed by atoms with Gasteiger partial charge in [-0.1, -0.05) is 19.1 Å². The summed E-state index contributed by atoms with van der Waals surface area (Å²) in [7, 11) is 0. The van der Waals surface area contributed by atoms with Crippen LogP contribution in [-0.4, -0.2) is 19.8 Å². The SMILES string of the molecule is C=CCOCC1(COC=CC)C2CCC(C2)C1C. The van der Waals surface area contributed by atoms with Gasteiger partial charge in [0.05, 0.1) is 26.1 Å². The molecule has 0 spiro atoms. The molecule has 0 heterocycles. The molecule has 2 fully saturated rings. The standard InChI is InChI=1S/C16H26O2/c1-4-8-17-11-16(12-18-9-5-2)13(3)14-6-7-15(16)10-14/h4-5,9,13-15H,1,6-8,10-12H2,2-3H3. The molecule has 0 aromatic carbocycles. The van der Waals surface area contributed by atoms with Crippen molar-refractivity contribution in [1.82, 2.24) is 0 Å². The number of hydrogen-bond acceptors (Lipinski definition) is 2. The average molecular weight is 250 g/mol. The van der Waals surface area contributed by atoms with Gasteiger partial charge in [-0.2, -0.15) is 0 Å². The van der Waals surface area contributed by atoms with Crippen LogP contribution in [0.25, 0.3) is 0 Å². The molecule has 0 aromatic rings. The summed E-state index contributed by atoms with van der Waals surface area (Å²) < 4.78 is 11.5. The number of fused-ring (bicyclic) bond motifs is 2. The van der Waals surface area contributed by atoms with Gasteiger partial charge in [0, 0.05) is 5.41 Å². The quantitative estimate of drug-likeness (QED) is 0.389. The van der Waals surface area contributed by atoms with Crippen LogP contribution in [0.2, 0.25) is 0 Å². The first-order valence-electron chi connectivity index (χ1n) is 7.16. The Morgan fingerprint density at radius 3 is 2.78 bits per heavy atom. The Hall–Kier alpha value is -0.760. The molecular weight excluding hydrogens is 224 g/mol. The first-order chi connectivity index (χ1) is 8.74. The minimum atomic E-state index is 0.228. The van der Waals surface area contributed by atoms with E-state index in [1.807, 2.05) is 25.3 Å². The zero-order chi connectivity index (χ0) is 13.0. The van der Waals surface area contributed by atoms with Crippen molar-refractivity contribution in [3.63, 3.8) is 0 Å². The summed E-state index contributed by atoms with van der Waals surface area (Å²) in [5.74, 6) is 2.38. The molecule has 0 radical (unpaired) electrons. The Morgan fingerprint density at radius 2 is 2.17 bits per heavy atom. The van der Waals surface area contributed by atoms with Crippen LogP contribution in [0.15, 0.2) is 25.0 Å². The predicted octanol–water partition coefficient (Wildman–Crippen LogP) is 3.79. The van der Waals surface area contributed by atoms with Crippen molar-refractivity contribution in [2.75, 3.05) is 19.8 Å². The maximum atomic E-state index is 5.80. The molecule has 4 unspecified atom stereocenters. The smallest absolute Gasteiger partial charge is 0.0956 e. The van der Waals surface area contributed by atoms with Crippen molar-refractivity contribution in [2.45, 2.75) is 33.1 Å². The summed E-state index contributed by atoms with van der Waals surface area (Å²) in [6.45, 7) is 10.4. The second kappa shape index (κ2) is 5.92. The molecule has 102 valence electrons. The maximum absolute atomic E-state index is 5.80. The summed E-state index contributed by atoms with van der Waals surface area (Å²) in [4.78, 5) is 0. The molecule has 0 amide bonds. The molecule has 0 N–H and O–H groups in total. The number of allylic oxidation sites excluding steroid dienone is 1. The van der Waals surface area contributed by atoms with E-state index in [0.29, 0.717) is 12.5 Å². The van der Waals surface area contributed by atoms with Gasteiger partial charge in [-0.25, -0.2) is 0 Å². The Bertz CT molecular complexity index is 306. The molecule has 2 aliphatic rings. The van der Waals surface area contributed by atoms with E-state index in [4.69, 9.17) is 9.47 Å². The van der Waals surface area contributed by atoms with E-state index >= 15 is 0 Å². The lowest BCUT2D eigenvalue weighted by molar-refractivity contribution is -0.0552. The van der Waals surface area contributed by atoms with Crippen LogP contribution in [0.1, 0.15) is 33.1 Å². The maximum Gasteiger partial charge on any atom is 0.0956 e. The second-order valence-electron chi connectivity index (χ2n) is 5.88. The molecule has 2 saturated carbocycles. The number of ether oxygens (including phenoxy) is 2. The Morgan fingerprint density at radius 1 is 1.33 bits per heavy atom. The van der Waals surface area contributed by atoms with Crippen molar-refractivity contribution < 1.29 is 9.47 Å². The summed E-state index contributed by atoms with van der Waals surface area (Å²) >= 11 is 0. The van der Waals surface area contributed by atoms with E-state index in [0.717, 1.165) is 25.0 Å². The van der Waals surface area contributed by atoms with Gasteiger partial charge >= 0.3 is 0 Å². The van der Waals surface area contributed by atoms with Crippen molar-refractivity contribution in [2.24, 2.45) is 23.2 Å². The number of hydrogen-bond donors (Lipinski definition) is 0. The topological polar surface area (TPSA) is 18.5 Å². The molecular formula is C16H26O2. The van der Waals surface area contributed by atoms with Crippen LogP contribution >= 0.6 is 0 Å². The zero-order valence-corrected chi connectivity index (χ0v) is 11.7. The largest absolute Gasteiger partial charge is 0.501 e. The van der Waals surface area contributed by atoms with Gasteiger partial charge in [0.25, 0.3) is 0 Å². The van der Waals surface area contributed by atoms with Gasteiger partial charge in [0.2, 0.25) is 0 Å². The molecule has 2 heteroatoms. The summed E-state index contributed by atoms with van der Waals surface area (Å²) in [5.41, 5.74) is 0.228. The van der Waals surface area contributed by atoms with Crippen LogP contribution in [0, 0.1) is 23.2 Å². The minimum absolute atomic E-state index is 0.228. The van der Waals surface area contributed by atoms with E-state index < -0.39 is 0 Å². The van der Waals surface area contributed by atoms with Gasteiger partial charge in [0.15, 0.2) is 0 Å². The third kappa shape index (κ3) is 2.35. The molecule has 2 bridgehead atoms. The molecule has 4 atom stereocenters. The van der Waals surface area contributed by atoms with E-state index in [1.165, 1.54) is 19.3 Å². The third-order valence-electron chi connectivity index (χ3n) is 5.09. The first-order valence-corrected chi connectivity index (χ1v) is 7.16. The fraction of sp³-hybridized carbons (Fsp3) is 0.750. The molecule has 0 aromatic heterocycles. The highest BCUT2D eigenvalue weighted by Crippen LogP contribution is 2.59. The Labute approximate surface area is 111 Å². The second-order valence-corrected chi connectivity index (χ2v) is 5.88. The van der Waals surface area contributed by atoms with E-state index in [9.17, 15) is 0 Å². The number of rotatable bonds is 7. The molecule has 0 aliphatic heterocycles. The fourth-order valence-corrected chi connectivity index (χ4v) is 4.01. The Kier molecular flexibility index (Phi) is 4.50. The Balaban J connectivity index is 2.04. The van der Waals surface area contributed by atoms with Crippen molar-refractivity contribution in [3.8, 4) is 0 Å². The third-order valence-corrected chi connectivity index (χ3v) is 5.09. The molecule has 2 aliphatic carbocycles. The molecule has 0 saturated heterocycles. The van der Waals surface area contributed by atoms with Gasteiger partial charge < -0.3 is 9.47 Å². The van der Waals surface area contributed by atoms with Crippen LogP contribution in [0.4, 0.5) is 0 Å². The monoisotopic (exact) mass is 250 g/mol. The fourth-order valence-electron chi connectivity index (χ4n) is 4.01. The predicted molar refractivity (Wildman–Crippen MR) is 74.2 cm³/mol. The van der Waals surface area contributed by atoms with Crippen LogP contribution in [0.5, 0.6) is 0 Å². The lowest BCUT2D eigenvalue weighted by atomic mass is 9.67. The van der Waals surface area contributed by atoms with Gasteiger partial charge in [-0.15, -0.1) is 6.58 Å². The summed E-state index contributed by atoms with van der Waals surface area (Å²) in [6, 6.07) is 0. The highest BCUT2D eigenvalue weighted by Gasteiger charge is 2.56. The van der Waals surface area contributed by atoms with Crippen molar-refractivity contribution in [3.05, 3.63) is 25.0 Å². The highest BCUT2D eigenvalue weighted by atomic mass is 16.5. The van der Waals surface area contributed by atoms with E-state index in [-0.39, 0.29) is 5.41 Å². The zero-order valence-electron chi connectivity index (χ0n) is 11.7. The van der Waals surface area contributed by atoms with E-state index in [1.54, 1.807) is 0 Å². The van der Waals surface area contributed by atoms with Gasteiger partial charge in [-0.05, 0) is 43.9 Å². The molecule has 18 heavy (non-hydrogen) atoms. The van der Waals surface area contributed by atoms with Crippen molar-refractivity contribution in [1.29, 1.82) is 0 Å². The van der Waals surface area contributed by atoms with Crippen LogP contribution in [0.3, 0.4) is 0 Å². The normalized spacial score (nSPS) is 38.4. The highest BCUT2D eigenvalue weighted by molar-refractivity contribution is 5.05. The van der Waals surface area contributed by atoms with Gasteiger partial charge in [0.1, 0.15) is 0 Å². The molecule has 2 nitrogen and oxygen atoms in total.